The topological polar surface area (TPSA) is 30.0 Å². The highest BCUT2D eigenvalue weighted by molar-refractivity contribution is 9.10. The Bertz CT molecular complexity index is 604. The van der Waals surface area contributed by atoms with Crippen LogP contribution in [-0.2, 0) is 6.42 Å². The Morgan fingerprint density at radius 2 is 2.16 bits per heavy atom. The lowest BCUT2D eigenvalue weighted by atomic mass is 10.0. The minimum Gasteiger partial charge on any atom is -0.294 e. The lowest BCUT2D eigenvalue weighted by molar-refractivity contribution is 0.0979. The van der Waals surface area contributed by atoms with Crippen LogP contribution in [0.25, 0.3) is 0 Å². The lowest BCUT2D eigenvalue weighted by Crippen LogP contribution is -2.05. The van der Waals surface area contributed by atoms with E-state index in [0.29, 0.717) is 10.9 Å². The summed E-state index contributed by atoms with van der Waals surface area (Å²) in [6, 6.07) is 6.70. The van der Waals surface area contributed by atoms with Crippen molar-refractivity contribution in [1.29, 1.82) is 0 Å². The number of benzene rings is 1. The van der Waals surface area contributed by atoms with Crippen LogP contribution in [0.5, 0.6) is 0 Å². The zero-order valence-electron chi connectivity index (χ0n) is 9.87. The smallest absolute Gasteiger partial charge is 0.166 e. The van der Waals surface area contributed by atoms with Gasteiger partial charge in [-0.3, -0.25) is 9.78 Å². The van der Waals surface area contributed by atoms with E-state index in [9.17, 15) is 9.18 Å². The summed E-state index contributed by atoms with van der Waals surface area (Å²) < 4.78 is 14.3. The van der Waals surface area contributed by atoms with Crippen LogP contribution in [0.2, 0.25) is 5.02 Å². The molecule has 0 spiro atoms. The molecular formula is C14H10BrClFNO. The van der Waals surface area contributed by atoms with Crippen LogP contribution >= 0.6 is 27.5 Å². The first-order valence-corrected chi connectivity index (χ1v) is 6.82. The molecule has 0 aliphatic carbocycles. The summed E-state index contributed by atoms with van der Waals surface area (Å²) in [7, 11) is 0. The minimum atomic E-state index is -0.674. The van der Waals surface area contributed by atoms with Gasteiger partial charge in [-0.15, -0.1) is 0 Å². The van der Waals surface area contributed by atoms with Gasteiger partial charge in [0.05, 0.1) is 10.6 Å². The quantitative estimate of drug-likeness (QED) is 0.607. The lowest BCUT2D eigenvalue weighted by Gasteiger charge is -2.05. The molecule has 0 atom stereocenters. The summed E-state index contributed by atoms with van der Waals surface area (Å²) in [4.78, 5) is 15.9. The fourth-order valence-electron chi connectivity index (χ4n) is 1.68. The summed E-state index contributed by atoms with van der Waals surface area (Å²) in [6.45, 7) is 0. The monoisotopic (exact) mass is 341 g/mol. The third-order valence-corrected chi connectivity index (χ3v) is 3.96. The number of Topliss-reactive ketones (excluding diaryl/α,β-unsaturated/α-hetero) is 1. The van der Waals surface area contributed by atoms with E-state index in [1.54, 1.807) is 24.5 Å². The number of aryl methyl sites for hydroxylation is 1. The van der Waals surface area contributed by atoms with Gasteiger partial charge in [-0.2, -0.15) is 0 Å². The molecule has 0 saturated heterocycles. The molecule has 0 fully saturated rings. The summed E-state index contributed by atoms with van der Waals surface area (Å²) >= 11 is 8.87. The Kier molecular flexibility index (Phi) is 4.66. The van der Waals surface area contributed by atoms with Crippen LogP contribution in [0.3, 0.4) is 0 Å². The number of aromatic nitrogens is 1. The van der Waals surface area contributed by atoms with Gasteiger partial charge >= 0.3 is 0 Å². The van der Waals surface area contributed by atoms with E-state index in [1.807, 2.05) is 6.07 Å². The van der Waals surface area contributed by atoms with Crippen molar-refractivity contribution in [2.24, 2.45) is 0 Å². The van der Waals surface area contributed by atoms with Crippen molar-refractivity contribution >= 4 is 33.3 Å². The van der Waals surface area contributed by atoms with E-state index < -0.39 is 5.82 Å². The number of hydrogen-bond acceptors (Lipinski definition) is 2. The molecule has 0 unspecified atom stereocenters. The van der Waals surface area contributed by atoms with E-state index >= 15 is 0 Å². The van der Waals surface area contributed by atoms with Crippen LogP contribution in [0, 0.1) is 5.82 Å². The number of hydrogen-bond donors (Lipinski definition) is 0. The molecule has 0 aliphatic rings. The second-order valence-corrected chi connectivity index (χ2v) is 5.24. The molecule has 0 amide bonds. The van der Waals surface area contributed by atoms with Crippen LogP contribution in [-0.4, -0.2) is 10.8 Å². The molecule has 1 aromatic heterocycles. The number of pyridine rings is 1. The maximum absolute atomic E-state index is 13.8. The molecule has 98 valence electrons. The van der Waals surface area contributed by atoms with Crippen molar-refractivity contribution in [2.75, 3.05) is 0 Å². The third-order valence-electron chi connectivity index (χ3n) is 2.70. The molecule has 2 nitrogen and oxygen atoms in total. The highest BCUT2D eigenvalue weighted by Crippen LogP contribution is 2.28. The molecule has 0 N–H and O–H groups in total. The molecule has 0 aliphatic heterocycles. The third kappa shape index (κ3) is 3.39. The van der Waals surface area contributed by atoms with E-state index in [0.717, 1.165) is 5.56 Å². The van der Waals surface area contributed by atoms with Gasteiger partial charge in [0.25, 0.3) is 0 Å². The van der Waals surface area contributed by atoms with Crippen LogP contribution in [0.1, 0.15) is 22.3 Å². The van der Waals surface area contributed by atoms with Gasteiger partial charge in [0.15, 0.2) is 11.6 Å². The van der Waals surface area contributed by atoms with Crippen molar-refractivity contribution in [3.63, 3.8) is 0 Å². The van der Waals surface area contributed by atoms with E-state index in [2.05, 4.69) is 20.9 Å². The molecule has 5 heteroatoms. The Morgan fingerprint density at radius 3 is 2.84 bits per heavy atom. The van der Waals surface area contributed by atoms with Crippen LogP contribution < -0.4 is 0 Å². The normalized spacial score (nSPS) is 10.5. The second-order valence-electron chi connectivity index (χ2n) is 4.01. The average molecular weight is 343 g/mol. The van der Waals surface area contributed by atoms with Gasteiger partial charge in [0.2, 0.25) is 0 Å². The first-order chi connectivity index (χ1) is 9.09. The Labute approximate surface area is 123 Å². The van der Waals surface area contributed by atoms with Crippen molar-refractivity contribution in [2.45, 2.75) is 12.8 Å². The molecule has 0 saturated carbocycles. The molecule has 19 heavy (non-hydrogen) atoms. The standard InChI is InChI=1S/C14H10BrClFNO/c15-11-5-4-10(14(17)13(11)16)12(19)6-3-9-2-1-7-18-8-9/h1-2,4-5,7-8H,3,6H2. The first-order valence-electron chi connectivity index (χ1n) is 5.65. The van der Waals surface area contributed by atoms with Crippen molar-refractivity contribution in [1.82, 2.24) is 4.98 Å². The molecule has 0 bridgehead atoms. The molecule has 2 rings (SSSR count). The van der Waals surface area contributed by atoms with Crippen molar-refractivity contribution in [3.8, 4) is 0 Å². The highest BCUT2D eigenvalue weighted by Gasteiger charge is 2.16. The summed E-state index contributed by atoms with van der Waals surface area (Å²) in [5.74, 6) is -0.942. The maximum atomic E-state index is 13.8. The molecular weight excluding hydrogens is 333 g/mol. The largest absolute Gasteiger partial charge is 0.294 e. The van der Waals surface area contributed by atoms with Crippen molar-refractivity contribution < 1.29 is 9.18 Å². The number of carbonyl (C=O) groups excluding carboxylic acids is 1. The second kappa shape index (κ2) is 6.26. The maximum Gasteiger partial charge on any atom is 0.166 e. The Balaban J connectivity index is 2.11. The summed E-state index contributed by atoms with van der Waals surface area (Å²) in [5, 5.41) is -0.0628. The summed E-state index contributed by atoms with van der Waals surface area (Å²) in [5.41, 5.74) is 0.969. The number of ketones is 1. The van der Waals surface area contributed by atoms with E-state index in [4.69, 9.17) is 11.6 Å². The van der Waals surface area contributed by atoms with Gasteiger partial charge in [-0.25, -0.2) is 4.39 Å². The van der Waals surface area contributed by atoms with E-state index in [-0.39, 0.29) is 22.8 Å². The molecule has 0 radical (unpaired) electrons. The SMILES string of the molecule is O=C(CCc1cccnc1)c1ccc(Br)c(Cl)c1F. The van der Waals surface area contributed by atoms with Crippen molar-refractivity contribution in [3.05, 3.63) is 63.1 Å². The van der Waals surface area contributed by atoms with E-state index in [1.165, 1.54) is 6.07 Å². The van der Waals surface area contributed by atoms with Crippen LogP contribution in [0.15, 0.2) is 41.1 Å². The molecule has 1 heterocycles. The van der Waals surface area contributed by atoms with Gasteiger partial charge < -0.3 is 0 Å². The minimum absolute atomic E-state index is 0.0251. The number of carbonyl (C=O) groups is 1. The fraction of sp³-hybridized carbons (Fsp3) is 0.143. The van der Waals surface area contributed by atoms with Gasteiger partial charge in [-0.1, -0.05) is 17.7 Å². The number of rotatable bonds is 4. The van der Waals surface area contributed by atoms with Gasteiger partial charge in [-0.05, 0) is 46.1 Å². The predicted molar refractivity (Wildman–Crippen MR) is 76.0 cm³/mol. The highest BCUT2D eigenvalue weighted by atomic mass is 79.9. The average Bonchev–Trinajstić information content (AvgIpc) is 2.43. The fourth-order valence-corrected chi connectivity index (χ4v) is 2.15. The first kappa shape index (κ1) is 14.2. The molecule has 2 aromatic rings. The van der Waals surface area contributed by atoms with Gasteiger partial charge in [0, 0.05) is 23.3 Å². The Morgan fingerprint density at radius 1 is 1.37 bits per heavy atom. The number of halogens is 3. The number of nitrogens with zero attached hydrogens (tertiary/aromatic N) is 1. The summed E-state index contributed by atoms with van der Waals surface area (Å²) in [6.07, 6.45) is 4.11. The molecule has 1 aromatic carbocycles. The van der Waals surface area contributed by atoms with Gasteiger partial charge in [0.1, 0.15) is 0 Å². The predicted octanol–water partition coefficient (Wildman–Crippen LogP) is 4.45. The zero-order valence-corrected chi connectivity index (χ0v) is 12.2. The van der Waals surface area contributed by atoms with Crippen LogP contribution in [0.4, 0.5) is 4.39 Å². The Hall–Kier alpha value is -1.26. The zero-order chi connectivity index (χ0) is 13.8.